The number of ketones is 1. The van der Waals surface area contributed by atoms with Crippen molar-refractivity contribution in [2.24, 2.45) is 0 Å². The SMILES string of the molecule is CC#CCC(=O)c1ccc(C)o1. The molecule has 2 nitrogen and oxygen atoms in total. The maximum absolute atomic E-state index is 11.2. The van der Waals surface area contributed by atoms with Crippen molar-refractivity contribution in [2.45, 2.75) is 20.3 Å². The topological polar surface area (TPSA) is 30.2 Å². The highest BCUT2D eigenvalue weighted by atomic mass is 16.3. The summed E-state index contributed by atoms with van der Waals surface area (Å²) < 4.78 is 5.13. The summed E-state index contributed by atoms with van der Waals surface area (Å²) in [7, 11) is 0. The molecule has 0 saturated heterocycles. The first-order chi connectivity index (χ1) is 5.74. The monoisotopic (exact) mass is 162 g/mol. The Kier molecular flexibility index (Phi) is 2.71. The molecule has 0 atom stereocenters. The van der Waals surface area contributed by atoms with Crippen LogP contribution >= 0.6 is 0 Å². The molecule has 0 saturated carbocycles. The Hall–Kier alpha value is -1.49. The fourth-order valence-electron chi connectivity index (χ4n) is 0.840. The van der Waals surface area contributed by atoms with Crippen molar-refractivity contribution < 1.29 is 9.21 Å². The summed E-state index contributed by atoms with van der Waals surface area (Å²) in [6.07, 6.45) is 0.240. The minimum atomic E-state index is -0.0579. The molecule has 0 radical (unpaired) electrons. The van der Waals surface area contributed by atoms with Gasteiger partial charge in [-0.1, -0.05) is 5.92 Å². The lowest BCUT2D eigenvalue weighted by Crippen LogP contribution is -1.93. The molecule has 0 amide bonds. The number of hydrogen-bond donors (Lipinski definition) is 0. The van der Waals surface area contributed by atoms with Gasteiger partial charge in [0, 0.05) is 0 Å². The third kappa shape index (κ3) is 2.00. The van der Waals surface area contributed by atoms with Gasteiger partial charge in [-0.15, -0.1) is 5.92 Å². The lowest BCUT2D eigenvalue weighted by atomic mass is 10.2. The summed E-state index contributed by atoms with van der Waals surface area (Å²) in [4.78, 5) is 11.2. The van der Waals surface area contributed by atoms with Gasteiger partial charge in [-0.3, -0.25) is 4.79 Å². The van der Waals surface area contributed by atoms with Crippen molar-refractivity contribution in [1.82, 2.24) is 0 Å². The van der Waals surface area contributed by atoms with E-state index < -0.39 is 0 Å². The highest BCUT2D eigenvalue weighted by molar-refractivity contribution is 5.95. The molecule has 0 N–H and O–H groups in total. The first-order valence-corrected chi connectivity index (χ1v) is 3.73. The molecule has 0 bridgehead atoms. The van der Waals surface area contributed by atoms with Crippen LogP contribution in [-0.4, -0.2) is 5.78 Å². The Bertz CT molecular complexity index is 336. The van der Waals surface area contributed by atoms with Crippen LogP contribution in [0.1, 0.15) is 29.7 Å². The van der Waals surface area contributed by atoms with Crippen molar-refractivity contribution >= 4 is 5.78 Å². The van der Waals surface area contributed by atoms with Crippen molar-refractivity contribution in [3.63, 3.8) is 0 Å². The molecular formula is C10H10O2. The molecule has 0 aromatic carbocycles. The normalized spacial score (nSPS) is 8.83. The smallest absolute Gasteiger partial charge is 0.209 e. The molecule has 0 spiro atoms. The van der Waals surface area contributed by atoms with E-state index in [1.54, 1.807) is 19.1 Å². The van der Waals surface area contributed by atoms with Crippen molar-refractivity contribution in [3.8, 4) is 11.8 Å². The standard InChI is InChI=1S/C10H10O2/c1-3-4-5-9(11)10-7-6-8(2)12-10/h6-7H,5H2,1-2H3. The van der Waals surface area contributed by atoms with Crippen LogP contribution in [0.15, 0.2) is 16.5 Å². The molecule has 2 heteroatoms. The van der Waals surface area contributed by atoms with Crippen LogP contribution in [0, 0.1) is 18.8 Å². The molecule has 1 rings (SSSR count). The predicted molar refractivity (Wildman–Crippen MR) is 45.8 cm³/mol. The van der Waals surface area contributed by atoms with Crippen LogP contribution in [0.5, 0.6) is 0 Å². The fraction of sp³-hybridized carbons (Fsp3) is 0.300. The molecule has 0 unspecified atom stereocenters. The molecule has 0 aliphatic carbocycles. The highest BCUT2D eigenvalue weighted by Gasteiger charge is 2.07. The van der Waals surface area contributed by atoms with Gasteiger partial charge in [-0.05, 0) is 26.0 Å². The van der Waals surface area contributed by atoms with Crippen LogP contribution < -0.4 is 0 Å². The van der Waals surface area contributed by atoms with E-state index >= 15 is 0 Å². The van der Waals surface area contributed by atoms with E-state index in [9.17, 15) is 4.79 Å². The number of furan rings is 1. The highest BCUT2D eigenvalue weighted by Crippen LogP contribution is 2.08. The summed E-state index contributed by atoms with van der Waals surface area (Å²) in [5, 5.41) is 0. The molecule has 1 aromatic heterocycles. The van der Waals surface area contributed by atoms with Gasteiger partial charge in [0.25, 0.3) is 0 Å². The predicted octanol–water partition coefficient (Wildman–Crippen LogP) is 2.18. The van der Waals surface area contributed by atoms with Crippen molar-refractivity contribution in [1.29, 1.82) is 0 Å². The van der Waals surface area contributed by atoms with Crippen molar-refractivity contribution in [3.05, 3.63) is 23.7 Å². The quantitative estimate of drug-likeness (QED) is 0.493. The van der Waals surface area contributed by atoms with Gasteiger partial charge < -0.3 is 4.42 Å². The van der Waals surface area contributed by atoms with Crippen molar-refractivity contribution in [2.75, 3.05) is 0 Å². The second-order valence-electron chi connectivity index (χ2n) is 2.44. The number of carbonyl (C=O) groups excluding carboxylic acids is 1. The summed E-state index contributed by atoms with van der Waals surface area (Å²) in [6, 6.07) is 3.45. The Balaban J connectivity index is 2.69. The van der Waals surface area contributed by atoms with Gasteiger partial charge in [0.15, 0.2) is 5.76 Å². The van der Waals surface area contributed by atoms with E-state index in [0.29, 0.717) is 5.76 Å². The zero-order valence-electron chi connectivity index (χ0n) is 7.18. The van der Waals surface area contributed by atoms with Gasteiger partial charge in [-0.25, -0.2) is 0 Å². The van der Waals surface area contributed by atoms with E-state index in [4.69, 9.17) is 4.42 Å². The van der Waals surface area contributed by atoms with Crippen LogP contribution in [-0.2, 0) is 0 Å². The first kappa shape index (κ1) is 8.61. The molecule has 0 fully saturated rings. The zero-order valence-corrected chi connectivity index (χ0v) is 7.18. The van der Waals surface area contributed by atoms with Crippen LogP contribution in [0.3, 0.4) is 0 Å². The molecule has 0 aliphatic heterocycles. The summed E-state index contributed by atoms with van der Waals surface area (Å²) in [5.74, 6) is 6.45. The fourth-order valence-corrected chi connectivity index (χ4v) is 0.840. The zero-order chi connectivity index (χ0) is 8.97. The van der Waals surface area contributed by atoms with E-state index in [-0.39, 0.29) is 12.2 Å². The molecule has 1 heterocycles. The lowest BCUT2D eigenvalue weighted by molar-refractivity contribution is 0.0970. The Labute approximate surface area is 71.6 Å². The minimum absolute atomic E-state index is 0.0579. The van der Waals surface area contributed by atoms with Gasteiger partial charge in [-0.2, -0.15) is 0 Å². The van der Waals surface area contributed by atoms with Crippen LogP contribution in [0.4, 0.5) is 0 Å². The van der Waals surface area contributed by atoms with Gasteiger partial charge in [0.1, 0.15) is 5.76 Å². The Morgan fingerprint density at radius 1 is 1.58 bits per heavy atom. The molecule has 12 heavy (non-hydrogen) atoms. The third-order valence-electron chi connectivity index (χ3n) is 1.44. The number of Topliss-reactive ketones (excluding diaryl/α,β-unsaturated/α-hetero) is 1. The third-order valence-corrected chi connectivity index (χ3v) is 1.44. The van der Waals surface area contributed by atoms with Crippen LogP contribution in [0.2, 0.25) is 0 Å². The maximum Gasteiger partial charge on any atom is 0.209 e. The average molecular weight is 162 g/mol. The lowest BCUT2D eigenvalue weighted by Gasteiger charge is -1.88. The first-order valence-electron chi connectivity index (χ1n) is 3.73. The Morgan fingerprint density at radius 2 is 2.33 bits per heavy atom. The van der Waals surface area contributed by atoms with Gasteiger partial charge in [0.05, 0.1) is 6.42 Å². The largest absolute Gasteiger partial charge is 0.458 e. The Morgan fingerprint density at radius 3 is 2.83 bits per heavy atom. The molecular weight excluding hydrogens is 152 g/mol. The van der Waals surface area contributed by atoms with Gasteiger partial charge in [0.2, 0.25) is 5.78 Å². The van der Waals surface area contributed by atoms with E-state index in [1.807, 2.05) is 6.92 Å². The van der Waals surface area contributed by atoms with Gasteiger partial charge >= 0.3 is 0 Å². The second-order valence-corrected chi connectivity index (χ2v) is 2.44. The molecule has 62 valence electrons. The van der Waals surface area contributed by atoms with E-state index in [1.165, 1.54) is 0 Å². The number of aryl methyl sites for hydroxylation is 1. The minimum Gasteiger partial charge on any atom is -0.458 e. The summed E-state index contributed by atoms with van der Waals surface area (Å²) in [5.41, 5.74) is 0. The average Bonchev–Trinajstić information content (AvgIpc) is 2.47. The number of rotatable bonds is 2. The second kappa shape index (κ2) is 3.77. The summed E-state index contributed by atoms with van der Waals surface area (Å²) >= 11 is 0. The number of carbonyl (C=O) groups is 1. The van der Waals surface area contributed by atoms with Crippen LogP contribution in [0.25, 0.3) is 0 Å². The van der Waals surface area contributed by atoms with E-state index in [2.05, 4.69) is 11.8 Å². The molecule has 1 aromatic rings. The molecule has 0 aliphatic rings. The summed E-state index contributed by atoms with van der Waals surface area (Å²) in [6.45, 7) is 3.52. The maximum atomic E-state index is 11.2. The number of hydrogen-bond acceptors (Lipinski definition) is 2. The van der Waals surface area contributed by atoms with E-state index in [0.717, 1.165) is 5.76 Å².